The molecule has 2 atom stereocenters. The number of hydrogen-bond donors (Lipinski definition) is 3. The standard InChI is InChI=1S/C37H45N3O9/c1-5-46-33(42)23-38-34(43)30(20-21-32(41)48-25-28-14-10-7-11-15-28)39-35(44)31(40-36(45)49-37(2,3)4)22-26-16-18-29(19-17-26)47-24-27-12-8-6-9-13-27/h6-19,30-31H,5,20-25H2,1-4H3,(H,38,43)(H,39,44)(H,40,45)/t30-,31+/m0/s1. The van der Waals surface area contributed by atoms with E-state index in [1.807, 2.05) is 60.7 Å². The van der Waals surface area contributed by atoms with Crippen molar-refractivity contribution in [3.05, 3.63) is 102 Å². The molecule has 0 saturated heterocycles. The van der Waals surface area contributed by atoms with Crippen LogP contribution in [0.4, 0.5) is 4.79 Å². The minimum Gasteiger partial charge on any atom is -0.489 e. The molecule has 12 heteroatoms. The average molecular weight is 676 g/mol. The van der Waals surface area contributed by atoms with E-state index in [-0.39, 0.29) is 32.5 Å². The first-order valence-electron chi connectivity index (χ1n) is 16.1. The second kappa shape index (κ2) is 19.4. The van der Waals surface area contributed by atoms with E-state index in [4.69, 9.17) is 18.9 Å². The van der Waals surface area contributed by atoms with Gasteiger partial charge >= 0.3 is 18.0 Å². The minimum atomic E-state index is -1.25. The van der Waals surface area contributed by atoms with E-state index in [1.165, 1.54) is 0 Å². The highest BCUT2D eigenvalue weighted by atomic mass is 16.6. The van der Waals surface area contributed by atoms with Crippen molar-refractivity contribution >= 4 is 29.8 Å². The lowest BCUT2D eigenvalue weighted by atomic mass is 10.0. The molecule has 12 nitrogen and oxygen atoms in total. The molecule has 0 bridgehead atoms. The van der Waals surface area contributed by atoms with Gasteiger partial charge in [0.2, 0.25) is 11.8 Å². The van der Waals surface area contributed by atoms with Crippen molar-refractivity contribution in [2.45, 2.75) is 77.9 Å². The van der Waals surface area contributed by atoms with Crippen molar-refractivity contribution in [3.8, 4) is 5.75 Å². The summed E-state index contributed by atoms with van der Waals surface area (Å²) >= 11 is 0. The summed E-state index contributed by atoms with van der Waals surface area (Å²) in [6.45, 7) is 6.82. The lowest BCUT2D eigenvalue weighted by Gasteiger charge is -2.25. The predicted molar refractivity (Wildman–Crippen MR) is 181 cm³/mol. The zero-order valence-electron chi connectivity index (χ0n) is 28.4. The highest BCUT2D eigenvalue weighted by Crippen LogP contribution is 2.16. The number of nitrogens with one attached hydrogen (secondary N) is 3. The fourth-order valence-corrected chi connectivity index (χ4v) is 4.47. The highest BCUT2D eigenvalue weighted by molar-refractivity contribution is 5.92. The van der Waals surface area contributed by atoms with Gasteiger partial charge in [-0.05, 0) is 62.9 Å². The van der Waals surface area contributed by atoms with Crippen LogP contribution in [0.2, 0.25) is 0 Å². The van der Waals surface area contributed by atoms with Gasteiger partial charge in [0.05, 0.1) is 6.61 Å². The Morgan fingerprint density at radius 3 is 1.88 bits per heavy atom. The smallest absolute Gasteiger partial charge is 0.408 e. The lowest BCUT2D eigenvalue weighted by molar-refractivity contribution is -0.146. The van der Waals surface area contributed by atoms with E-state index in [9.17, 15) is 24.0 Å². The van der Waals surface area contributed by atoms with Crippen molar-refractivity contribution in [2.24, 2.45) is 0 Å². The van der Waals surface area contributed by atoms with Crippen LogP contribution in [0.5, 0.6) is 5.75 Å². The van der Waals surface area contributed by atoms with E-state index < -0.39 is 54.1 Å². The van der Waals surface area contributed by atoms with Gasteiger partial charge < -0.3 is 34.9 Å². The van der Waals surface area contributed by atoms with Crippen LogP contribution in [0.3, 0.4) is 0 Å². The molecular formula is C37H45N3O9. The molecule has 262 valence electrons. The molecule has 3 aromatic rings. The molecule has 0 radical (unpaired) electrons. The first-order valence-corrected chi connectivity index (χ1v) is 16.1. The zero-order chi connectivity index (χ0) is 35.6. The molecule has 3 N–H and O–H groups in total. The Hall–Kier alpha value is -5.39. The largest absolute Gasteiger partial charge is 0.489 e. The summed E-state index contributed by atoms with van der Waals surface area (Å²) in [5.41, 5.74) is 1.66. The molecular weight excluding hydrogens is 630 g/mol. The normalized spacial score (nSPS) is 12.1. The Labute approximate surface area is 286 Å². The van der Waals surface area contributed by atoms with E-state index in [0.717, 1.165) is 11.1 Å². The number of carbonyl (C=O) groups is 5. The maximum atomic E-state index is 13.7. The van der Waals surface area contributed by atoms with Crippen molar-refractivity contribution in [2.75, 3.05) is 13.2 Å². The van der Waals surface area contributed by atoms with Crippen LogP contribution in [-0.4, -0.2) is 60.7 Å². The third-order valence-corrected chi connectivity index (χ3v) is 6.84. The number of hydrogen-bond acceptors (Lipinski definition) is 9. The van der Waals surface area contributed by atoms with Gasteiger partial charge in [-0.15, -0.1) is 0 Å². The molecule has 0 unspecified atom stereocenters. The van der Waals surface area contributed by atoms with E-state index in [2.05, 4.69) is 16.0 Å². The molecule has 0 aliphatic carbocycles. The summed E-state index contributed by atoms with van der Waals surface area (Å²) < 4.78 is 21.5. The Kier molecular flexibility index (Phi) is 15.1. The predicted octanol–water partition coefficient (Wildman–Crippen LogP) is 4.39. The van der Waals surface area contributed by atoms with Crippen LogP contribution in [0.15, 0.2) is 84.9 Å². The summed E-state index contributed by atoms with van der Waals surface area (Å²) in [5, 5.41) is 7.67. The summed E-state index contributed by atoms with van der Waals surface area (Å²) in [7, 11) is 0. The first-order chi connectivity index (χ1) is 23.4. The first kappa shape index (κ1) is 38.1. The SMILES string of the molecule is CCOC(=O)CNC(=O)[C@H](CCC(=O)OCc1ccccc1)NC(=O)[C@@H](Cc1ccc(OCc2ccccc2)cc1)NC(=O)OC(C)(C)C. The second-order valence-corrected chi connectivity index (χ2v) is 12.1. The third kappa shape index (κ3) is 14.9. The average Bonchev–Trinajstić information content (AvgIpc) is 3.07. The molecule has 0 spiro atoms. The maximum absolute atomic E-state index is 13.7. The molecule has 0 aliphatic rings. The Morgan fingerprint density at radius 1 is 0.673 bits per heavy atom. The molecule has 0 aromatic heterocycles. The molecule has 3 aromatic carbocycles. The zero-order valence-corrected chi connectivity index (χ0v) is 28.4. The molecule has 3 amide bonds. The van der Waals surface area contributed by atoms with Crippen LogP contribution in [-0.2, 0) is 53.0 Å². The van der Waals surface area contributed by atoms with Gasteiger partial charge in [0.15, 0.2) is 0 Å². The van der Waals surface area contributed by atoms with Gasteiger partial charge in [-0.2, -0.15) is 0 Å². The Balaban J connectivity index is 1.72. The summed E-state index contributed by atoms with van der Waals surface area (Å²) in [5.74, 6) is -2.05. The quantitative estimate of drug-likeness (QED) is 0.139. The second-order valence-electron chi connectivity index (χ2n) is 12.1. The number of ether oxygens (including phenoxy) is 4. The number of carbonyl (C=O) groups excluding carboxylic acids is 5. The molecule has 0 aliphatic heterocycles. The van der Waals surface area contributed by atoms with Crippen molar-refractivity contribution in [1.82, 2.24) is 16.0 Å². The number of alkyl carbamates (subject to hydrolysis) is 1. The van der Waals surface area contributed by atoms with E-state index in [0.29, 0.717) is 17.9 Å². The van der Waals surface area contributed by atoms with Crippen LogP contribution in [0.1, 0.15) is 57.2 Å². The van der Waals surface area contributed by atoms with Gasteiger partial charge in [-0.25, -0.2) is 4.79 Å². The Bertz CT molecular complexity index is 1510. The molecule has 3 rings (SSSR count). The van der Waals surface area contributed by atoms with Crippen LogP contribution >= 0.6 is 0 Å². The van der Waals surface area contributed by atoms with Crippen molar-refractivity contribution in [3.63, 3.8) is 0 Å². The van der Waals surface area contributed by atoms with Crippen molar-refractivity contribution in [1.29, 1.82) is 0 Å². The third-order valence-electron chi connectivity index (χ3n) is 6.84. The molecule has 49 heavy (non-hydrogen) atoms. The van der Waals surface area contributed by atoms with Gasteiger partial charge in [-0.1, -0.05) is 72.8 Å². The highest BCUT2D eigenvalue weighted by Gasteiger charge is 2.29. The van der Waals surface area contributed by atoms with E-state index in [1.54, 1.807) is 52.0 Å². The fourth-order valence-electron chi connectivity index (χ4n) is 4.47. The lowest BCUT2D eigenvalue weighted by Crippen LogP contribution is -2.55. The van der Waals surface area contributed by atoms with Crippen molar-refractivity contribution < 1.29 is 42.9 Å². The van der Waals surface area contributed by atoms with E-state index >= 15 is 0 Å². The molecule has 0 fully saturated rings. The van der Waals surface area contributed by atoms with Crippen LogP contribution in [0.25, 0.3) is 0 Å². The van der Waals surface area contributed by atoms with Gasteiger partial charge in [-0.3, -0.25) is 19.2 Å². The Morgan fingerprint density at radius 2 is 1.29 bits per heavy atom. The number of benzene rings is 3. The maximum Gasteiger partial charge on any atom is 0.408 e. The summed E-state index contributed by atoms with van der Waals surface area (Å²) in [6.07, 6.45) is -1.14. The topological polar surface area (TPSA) is 158 Å². The van der Waals surface area contributed by atoms with Gasteiger partial charge in [0.1, 0.15) is 43.2 Å². The monoisotopic (exact) mass is 675 g/mol. The summed E-state index contributed by atoms with van der Waals surface area (Å²) in [4.78, 5) is 64.1. The van der Waals surface area contributed by atoms with Gasteiger partial charge in [0, 0.05) is 12.8 Å². The number of esters is 2. The molecule has 0 saturated carbocycles. The van der Waals surface area contributed by atoms with Crippen LogP contribution in [0, 0.1) is 0 Å². The van der Waals surface area contributed by atoms with Gasteiger partial charge in [0.25, 0.3) is 0 Å². The number of rotatable bonds is 17. The summed E-state index contributed by atoms with van der Waals surface area (Å²) in [6, 6.07) is 23.4. The number of amides is 3. The molecule has 0 heterocycles. The minimum absolute atomic E-state index is 0.0420. The van der Waals surface area contributed by atoms with Crippen LogP contribution < -0.4 is 20.7 Å². The fraction of sp³-hybridized carbons (Fsp3) is 0.378.